The number of carbonyl (C=O) groups excluding carboxylic acids is 1. The zero-order valence-corrected chi connectivity index (χ0v) is 14.8. The smallest absolute Gasteiger partial charge is 0.307 e. The fourth-order valence-corrected chi connectivity index (χ4v) is 3.16. The van der Waals surface area contributed by atoms with E-state index in [1.165, 1.54) is 18.5 Å². The Morgan fingerprint density at radius 3 is 2.38 bits per heavy atom. The highest BCUT2D eigenvalue weighted by molar-refractivity contribution is 7.90. The Bertz CT molecular complexity index is 982. The molecule has 0 radical (unpaired) electrons. The summed E-state index contributed by atoms with van der Waals surface area (Å²) in [7, 11) is -3.92. The maximum Gasteiger partial charge on any atom is 0.333 e. The number of anilines is 1. The Labute approximate surface area is 150 Å². The van der Waals surface area contributed by atoms with Gasteiger partial charge in [0.2, 0.25) is 0 Å². The Morgan fingerprint density at radius 2 is 1.77 bits per heavy atom. The molecule has 8 nitrogen and oxygen atoms in total. The van der Waals surface area contributed by atoms with Crippen LogP contribution in [0.3, 0.4) is 0 Å². The molecule has 0 unspecified atom stereocenters. The quantitative estimate of drug-likeness (QED) is 0.715. The van der Waals surface area contributed by atoms with Gasteiger partial charge >= 0.3 is 6.03 Å². The van der Waals surface area contributed by atoms with Crippen molar-refractivity contribution in [3.8, 4) is 0 Å². The van der Waals surface area contributed by atoms with E-state index in [9.17, 15) is 13.2 Å². The largest absolute Gasteiger partial charge is 0.333 e. The van der Waals surface area contributed by atoms with Gasteiger partial charge in [0, 0.05) is 5.69 Å². The lowest BCUT2D eigenvalue weighted by Gasteiger charge is -2.09. The molecule has 0 atom stereocenters. The van der Waals surface area contributed by atoms with Crippen LogP contribution in [0.1, 0.15) is 11.1 Å². The van der Waals surface area contributed by atoms with Crippen LogP contribution in [0.25, 0.3) is 0 Å². The molecule has 2 amide bonds. The monoisotopic (exact) mass is 371 g/mol. The molecule has 0 aliphatic heterocycles. The maximum atomic E-state index is 12.2. The molecule has 2 aromatic carbocycles. The van der Waals surface area contributed by atoms with Crippen molar-refractivity contribution in [2.45, 2.75) is 18.4 Å². The zero-order chi connectivity index (χ0) is 18.6. The standard InChI is InChI=1S/C17H17N5O3S/c1-13-2-8-16(9-3-13)26(24,25)21-17(23)20-15-6-4-14(5-7-15)10-22-12-18-11-19-22/h2-9,11-12H,10H2,1H3,(H2,20,21,23). The molecule has 3 rings (SSSR count). The van der Waals surface area contributed by atoms with Crippen molar-refractivity contribution in [1.29, 1.82) is 0 Å². The van der Waals surface area contributed by atoms with Gasteiger partial charge in [-0.15, -0.1) is 0 Å². The first kappa shape index (κ1) is 17.6. The van der Waals surface area contributed by atoms with Gasteiger partial charge < -0.3 is 5.32 Å². The molecule has 0 spiro atoms. The first-order valence-electron chi connectivity index (χ1n) is 7.74. The van der Waals surface area contributed by atoms with Crippen molar-refractivity contribution in [2.24, 2.45) is 0 Å². The second-order valence-corrected chi connectivity index (χ2v) is 7.35. The van der Waals surface area contributed by atoms with Gasteiger partial charge in [0.25, 0.3) is 10.0 Å². The van der Waals surface area contributed by atoms with E-state index in [1.807, 2.05) is 23.8 Å². The van der Waals surface area contributed by atoms with Crippen LogP contribution in [0.4, 0.5) is 10.5 Å². The molecule has 0 saturated carbocycles. The van der Waals surface area contributed by atoms with Crippen molar-refractivity contribution in [1.82, 2.24) is 19.5 Å². The van der Waals surface area contributed by atoms with E-state index in [0.717, 1.165) is 11.1 Å². The molecular formula is C17H17N5O3S. The van der Waals surface area contributed by atoms with Crippen LogP contribution in [0.5, 0.6) is 0 Å². The van der Waals surface area contributed by atoms with Gasteiger partial charge in [0.1, 0.15) is 12.7 Å². The van der Waals surface area contributed by atoms with Crippen LogP contribution in [0, 0.1) is 6.92 Å². The second-order valence-electron chi connectivity index (χ2n) is 5.66. The average molecular weight is 371 g/mol. The molecule has 26 heavy (non-hydrogen) atoms. The zero-order valence-electron chi connectivity index (χ0n) is 14.0. The first-order valence-corrected chi connectivity index (χ1v) is 9.22. The van der Waals surface area contributed by atoms with Gasteiger partial charge in [-0.25, -0.2) is 27.6 Å². The molecule has 0 fully saturated rings. The average Bonchev–Trinajstić information content (AvgIpc) is 3.09. The van der Waals surface area contributed by atoms with Gasteiger partial charge in [-0.2, -0.15) is 5.10 Å². The third kappa shape index (κ3) is 4.45. The number of urea groups is 1. The normalized spacial score (nSPS) is 11.1. The van der Waals surface area contributed by atoms with E-state index in [-0.39, 0.29) is 4.90 Å². The van der Waals surface area contributed by atoms with E-state index < -0.39 is 16.1 Å². The molecular weight excluding hydrogens is 354 g/mol. The van der Waals surface area contributed by atoms with Gasteiger partial charge in [-0.1, -0.05) is 29.8 Å². The number of sulfonamides is 1. The highest BCUT2D eigenvalue weighted by atomic mass is 32.2. The van der Waals surface area contributed by atoms with E-state index in [4.69, 9.17) is 0 Å². The summed E-state index contributed by atoms with van der Waals surface area (Å²) in [5.74, 6) is 0. The van der Waals surface area contributed by atoms with Crippen molar-refractivity contribution in [3.05, 3.63) is 72.3 Å². The molecule has 2 N–H and O–H groups in total. The Kier molecular flexibility index (Phi) is 4.99. The number of aryl methyl sites for hydroxylation is 1. The Balaban J connectivity index is 1.61. The fourth-order valence-electron chi connectivity index (χ4n) is 2.25. The summed E-state index contributed by atoms with van der Waals surface area (Å²) in [6.07, 6.45) is 3.06. The number of nitrogens with one attached hydrogen (secondary N) is 2. The summed E-state index contributed by atoms with van der Waals surface area (Å²) in [5.41, 5.74) is 2.37. The molecule has 0 aliphatic carbocycles. The highest BCUT2D eigenvalue weighted by Crippen LogP contribution is 2.12. The lowest BCUT2D eigenvalue weighted by molar-refractivity contribution is 0.256. The second kappa shape index (κ2) is 7.36. The third-order valence-electron chi connectivity index (χ3n) is 3.58. The predicted octanol–water partition coefficient (Wildman–Crippen LogP) is 2.15. The molecule has 9 heteroatoms. The van der Waals surface area contributed by atoms with Crippen molar-refractivity contribution < 1.29 is 13.2 Å². The fraction of sp³-hybridized carbons (Fsp3) is 0.118. The summed E-state index contributed by atoms with van der Waals surface area (Å²) in [5, 5.41) is 6.52. The van der Waals surface area contributed by atoms with Gasteiger partial charge in [0.05, 0.1) is 11.4 Å². The van der Waals surface area contributed by atoms with Crippen molar-refractivity contribution in [2.75, 3.05) is 5.32 Å². The van der Waals surface area contributed by atoms with Crippen LogP contribution in [-0.2, 0) is 16.6 Å². The van der Waals surface area contributed by atoms with Crippen LogP contribution in [0.15, 0.2) is 66.1 Å². The highest BCUT2D eigenvalue weighted by Gasteiger charge is 2.17. The van der Waals surface area contributed by atoms with Crippen molar-refractivity contribution >= 4 is 21.7 Å². The molecule has 134 valence electrons. The molecule has 1 heterocycles. The minimum Gasteiger partial charge on any atom is -0.307 e. The van der Waals surface area contributed by atoms with E-state index in [1.54, 1.807) is 35.3 Å². The number of hydrogen-bond donors (Lipinski definition) is 2. The van der Waals surface area contributed by atoms with Gasteiger partial charge in [-0.3, -0.25) is 0 Å². The van der Waals surface area contributed by atoms with E-state index >= 15 is 0 Å². The minimum atomic E-state index is -3.92. The maximum absolute atomic E-state index is 12.2. The molecule has 0 bridgehead atoms. The van der Waals surface area contributed by atoms with Crippen LogP contribution in [0.2, 0.25) is 0 Å². The molecule has 1 aromatic heterocycles. The molecule has 3 aromatic rings. The number of rotatable bonds is 5. The lowest BCUT2D eigenvalue weighted by atomic mass is 10.2. The number of aromatic nitrogens is 3. The third-order valence-corrected chi connectivity index (χ3v) is 4.93. The number of hydrogen-bond acceptors (Lipinski definition) is 5. The van der Waals surface area contributed by atoms with Gasteiger partial charge in [0.15, 0.2) is 0 Å². The predicted molar refractivity (Wildman–Crippen MR) is 96.1 cm³/mol. The molecule has 0 aliphatic rings. The van der Waals surface area contributed by atoms with E-state index in [0.29, 0.717) is 12.2 Å². The van der Waals surface area contributed by atoms with Crippen LogP contribution < -0.4 is 10.0 Å². The number of carbonyl (C=O) groups is 1. The van der Waals surface area contributed by atoms with Crippen LogP contribution >= 0.6 is 0 Å². The summed E-state index contributed by atoms with van der Waals surface area (Å²) < 4.78 is 28.0. The number of amides is 2. The SMILES string of the molecule is Cc1ccc(S(=O)(=O)NC(=O)Nc2ccc(Cn3cncn3)cc2)cc1. The number of benzene rings is 2. The van der Waals surface area contributed by atoms with Crippen molar-refractivity contribution in [3.63, 3.8) is 0 Å². The summed E-state index contributed by atoms with van der Waals surface area (Å²) in [6.45, 7) is 2.40. The summed E-state index contributed by atoms with van der Waals surface area (Å²) in [6, 6.07) is 12.4. The Hall–Kier alpha value is -3.20. The minimum absolute atomic E-state index is 0.0291. The van der Waals surface area contributed by atoms with Crippen LogP contribution in [-0.4, -0.2) is 29.2 Å². The topological polar surface area (TPSA) is 106 Å². The summed E-state index contributed by atoms with van der Waals surface area (Å²) >= 11 is 0. The summed E-state index contributed by atoms with van der Waals surface area (Å²) in [4.78, 5) is 15.9. The lowest BCUT2D eigenvalue weighted by Crippen LogP contribution is -2.34. The molecule has 0 saturated heterocycles. The Morgan fingerprint density at radius 1 is 1.08 bits per heavy atom. The van der Waals surface area contributed by atoms with E-state index in [2.05, 4.69) is 15.4 Å². The first-order chi connectivity index (χ1) is 12.4. The number of nitrogens with zero attached hydrogens (tertiary/aromatic N) is 3. The van der Waals surface area contributed by atoms with Gasteiger partial charge in [-0.05, 0) is 36.8 Å².